The van der Waals surface area contributed by atoms with Crippen molar-refractivity contribution in [1.29, 1.82) is 0 Å². The lowest BCUT2D eigenvalue weighted by molar-refractivity contribution is 0.967. The molecule has 0 saturated carbocycles. The summed E-state index contributed by atoms with van der Waals surface area (Å²) >= 11 is 11.3. The molecule has 0 N–H and O–H groups in total. The molecule has 0 aliphatic carbocycles. The molecule has 4 nitrogen and oxygen atoms in total. The average molecular weight is 203 g/mol. The number of nitrogens with zero attached hydrogens (tertiary/aromatic N) is 4. The lowest BCUT2D eigenvalue weighted by atomic mass is 10.6. The van der Waals surface area contributed by atoms with Crippen LogP contribution in [-0.4, -0.2) is 19.6 Å². The smallest absolute Gasteiger partial charge is 0.179 e. The van der Waals surface area contributed by atoms with Gasteiger partial charge in [-0.15, -0.1) is 10.2 Å². The van der Waals surface area contributed by atoms with Crippen LogP contribution in [0.5, 0.6) is 0 Å². The maximum atomic E-state index is 5.65. The number of hydrogen-bond acceptors (Lipinski definition) is 3. The Balaban J connectivity index is 2.70. The van der Waals surface area contributed by atoms with Gasteiger partial charge in [0.15, 0.2) is 16.3 Å². The predicted molar refractivity (Wildman–Crippen MR) is 45.2 cm³/mol. The summed E-state index contributed by atoms with van der Waals surface area (Å²) in [6.07, 6.45) is 4.92. The zero-order valence-electron chi connectivity index (χ0n) is 5.85. The van der Waals surface area contributed by atoms with Gasteiger partial charge in [0, 0.05) is 12.4 Å². The lowest BCUT2D eigenvalue weighted by Crippen LogP contribution is -1.92. The Bertz CT molecular complexity index is 397. The molecule has 0 atom stereocenters. The lowest BCUT2D eigenvalue weighted by Gasteiger charge is -1.96. The molecule has 62 valence electrons. The molecule has 0 amide bonds. The molecule has 12 heavy (non-hydrogen) atoms. The van der Waals surface area contributed by atoms with E-state index in [1.54, 1.807) is 23.0 Å². The summed E-state index contributed by atoms with van der Waals surface area (Å²) in [4.78, 5) is 3.21. The number of hydrogen-bond donors (Lipinski definition) is 0. The predicted octanol–water partition coefficient (Wildman–Crippen LogP) is 1.60. The zero-order chi connectivity index (χ0) is 8.55. The van der Waals surface area contributed by atoms with Crippen LogP contribution in [0.3, 0.4) is 0 Å². The molecule has 0 fully saturated rings. The standard InChI is InChI=1S/C6H4Cl2N4/c7-5(8)6-11-10-4-3-9-1-2-12(4)6/h1-3,5H. The highest BCUT2D eigenvalue weighted by atomic mass is 35.5. The van der Waals surface area contributed by atoms with Crippen molar-refractivity contribution in [2.45, 2.75) is 4.84 Å². The average Bonchev–Trinajstić information content (AvgIpc) is 2.47. The Morgan fingerprint density at radius 3 is 2.92 bits per heavy atom. The molecule has 0 unspecified atom stereocenters. The molecule has 0 aromatic carbocycles. The summed E-state index contributed by atoms with van der Waals surface area (Å²) in [7, 11) is 0. The molecule has 0 aliphatic heterocycles. The molecule has 6 heteroatoms. The zero-order valence-corrected chi connectivity index (χ0v) is 7.37. The molecular formula is C6H4Cl2N4. The van der Waals surface area contributed by atoms with Crippen LogP contribution in [-0.2, 0) is 0 Å². The largest absolute Gasteiger partial charge is 0.281 e. The van der Waals surface area contributed by atoms with Crippen LogP contribution < -0.4 is 0 Å². The minimum absolute atomic E-state index is 0.510. The molecule has 2 heterocycles. The van der Waals surface area contributed by atoms with Gasteiger partial charge in [-0.25, -0.2) is 0 Å². The summed E-state index contributed by atoms with van der Waals surface area (Å²) < 4.78 is 1.69. The molecule has 0 bridgehead atoms. The Kier molecular flexibility index (Phi) is 1.86. The Morgan fingerprint density at radius 2 is 2.17 bits per heavy atom. The van der Waals surface area contributed by atoms with Crippen LogP contribution >= 0.6 is 23.2 Å². The van der Waals surface area contributed by atoms with Crippen molar-refractivity contribution in [2.24, 2.45) is 0 Å². The van der Waals surface area contributed by atoms with Gasteiger partial charge in [-0.05, 0) is 0 Å². The molecule has 0 spiro atoms. The van der Waals surface area contributed by atoms with E-state index < -0.39 is 4.84 Å². The first-order chi connectivity index (χ1) is 5.79. The maximum absolute atomic E-state index is 5.65. The highest BCUT2D eigenvalue weighted by Crippen LogP contribution is 2.22. The molecule has 2 rings (SSSR count). The van der Waals surface area contributed by atoms with Crippen molar-refractivity contribution < 1.29 is 0 Å². The molecular weight excluding hydrogens is 199 g/mol. The summed E-state index contributed by atoms with van der Waals surface area (Å²) in [5, 5.41) is 7.63. The van der Waals surface area contributed by atoms with Crippen LogP contribution in [0.4, 0.5) is 0 Å². The summed E-state index contributed by atoms with van der Waals surface area (Å²) in [6, 6.07) is 0. The van der Waals surface area contributed by atoms with Gasteiger partial charge in [-0.2, -0.15) is 0 Å². The number of fused-ring (bicyclic) bond motifs is 1. The summed E-state index contributed by atoms with van der Waals surface area (Å²) in [6.45, 7) is 0. The van der Waals surface area contributed by atoms with E-state index in [2.05, 4.69) is 15.2 Å². The third kappa shape index (κ3) is 1.13. The van der Waals surface area contributed by atoms with Crippen molar-refractivity contribution in [1.82, 2.24) is 19.6 Å². The molecule has 0 aliphatic rings. The van der Waals surface area contributed by atoms with Gasteiger partial charge < -0.3 is 0 Å². The van der Waals surface area contributed by atoms with Crippen molar-refractivity contribution >= 4 is 28.8 Å². The van der Waals surface area contributed by atoms with E-state index in [0.29, 0.717) is 11.5 Å². The van der Waals surface area contributed by atoms with Crippen LogP contribution in [0.2, 0.25) is 0 Å². The second-order valence-corrected chi connectivity index (χ2v) is 3.26. The van der Waals surface area contributed by atoms with E-state index in [1.165, 1.54) is 0 Å². The van der Waals surface area contributed by atoms with E-state index in [4.69, 9.17) is 23.2 Å². The van der Waals surface area contributed by atoms with E-state index in [0.717, 1.165) is 0 Å². The Hall–Kier alpha value is -0.870. The van der Waals surface area contributed by atoms with Gasteiger partial charge >= 0.3 is 0 Å². The SMILES string of the molecule is ClC(Cl)c1nnc2cnccn12. The first kappa shape index (κ1) is 7.76. The monoisotopic (exact) mass is 202 g/mol. The van der Waals surface area contributed by atoms with Crippen LogP contribution in [0.15, 0.2) is 18.6 Å². The van der Waals surface area contributed by atoms with E-state index in [9.17, 15) is 0 Å². The fourth-order valence-corrected chi connectivity index (χ4v) is 1.22. The van der Waals surface area contributed by atoms with E-state index in [1.807, 2.05) is 0 Å². The van der Waals surface area contributed by atoms with Crippen LogP contribution in [0.25, 0.3) is 5.65 Å². The second-order valence-electron chi connectivity index (χ2n) is 2.16. The third-order valence-electron chi connectivity index (χ3n) is 1.44. The fourth-order valence-electron chi connectivity index (χ4n) is 0.921. The topological polar surface area (TPSA) is 43.1 Å². The van der Waals surface area contributed by atoms with Gasteiger partial charge in [0.05, 0.1) is 6.20 Å². The molecule has 2 aromatic heterocycles. The highest BCUT2D eigenvalue weighted by Gasteiger charge is 2.11. The first-order valence-corrected chi connectivity index (χ1v) is 4.09. The minimum atomic E-state index is -0.664. The van der Waals surface area contributed by atoms with Gasteiger partial charge in [-0.3, -0.25) is 9.38 Å². The van der Waals surface area contributed by atoms with Gasteiger partial charge in [-0.1, -0.05) is 23.2 Å². The third-order valence-corrected chi connectivity index (χ3v) is 1.83. The normalized spacial score (nSPS) is 11.2. The highest BCUT2D eigenvalue weighted by molar-refractivity contribution is 6.43. The molecule has 0 radical (unpaired) electrons. The fraction of sp³-hybridized carbons (Fsp3) is 0.167. The van der Waals surface area contributed by atoms with Gasteiger partial charge in [0.1, 0.15) is 0 Å². The number of alkyl halides is 2. The van der Waals surface area contributed by atoms with Crippen LogP contribution in [0, 0.1) is 0 Å². The first-order valence-electron chi connectivity index (χ1n) is 3.22. The Labute approximate surface area is 78.1 Å². The van der Waals surface area contributed by atoms with Crippen molar-refractivity contribution in [3.8, 4) is 0 Å². The Morgan fingerprint density at radius 1 is 1.33 bits per heavy atom. The van der Waals surface area contributed by atoms with E-state index in [-0.39, 0.29) is 0 Å². The number of halogens is 2. The van der Waals surface area contributed by atoms with Gasteiger partial charge in [0.25, 0.3) is 0 Å². The van der Waals surface area contributed by atoms with E-state index >= 15 is 0 Å². The number of rotatable bonds is 1. The minimum Gasteiger partial charge on any atom is -0.281 e. The van der Waals surface area contributed by atoms with Crippen LogP contribution in [0.1, 0.15) is 10.7 Å². The van der Waals surface area contributed by atoms with Crippen molar-refractivity contribution in [3.63, 3.8) is 0 Å². The second kappa shape index (κ2) is 2.88. The maximum Gasteiger partial charge on any atom is 0.179 e. The molecule has 0 saturated heterocycles. The quantitative estimate of drug-likeness (QED) is 0.661. The van der Waals surface area contributed by atoms with Gasteiger partial charge in [0.2, 0.25) is 0 Å². The summed E-state index contributed by atoms with van der Waals surface area (Å²) in [5.74, 6) is 0.510. The molecule has 2 aromatic rings. The van der Waals surface area contributed by atoms with Crippen molar-refractivity contribution in [3.05, 3.63) is 24.4 Å². The summed E-state index contributed by atoms with van der Waals surface area (Å²) in [5.41, 5.74) is 0.638. The number of aromatic nitrogens is 4. The van der Waals surface area contributed by atoms with Crippen molar-refractivity contribution in [2.75, 3.05) is 0 Å².